The Morgan fingerprint density at radius 2 is 0.474 bits per heavy atom. The molecule has 76 heavy (non-hydrogen) atoms. The second kappa shape index (κ2) is 20.4. The molecule has 0 aliphatic rings. The van der Waals surface area contributed by atoms with E-state index < -0.39 is 0 Å². The van der Waals surface area contributed by atoms with Gasteiger partial charge < -0.3 is 19.3 Å². The Hall–Kier alpha value is -10.2. The standard InChI is InChI=1S/C72H52N4/c1-7-25-53(26-8-1)63-37-19-22-40-68(63)73(56-31-13-4-14-32-56)59-43-45-60(46-44-59)76-71-49-47-61(74(57-33-15-5-16-34-57)69-41-23-20-38-64(69)54-27-9-2-10-28-54)51-66(71)67-52-62(48-50-72(67)76)75(58-35-17-6-18-36-58)70-42-24-21-39-65(70)55-29-11-3-12-30-55/h1-52H. The van der Waals surface area contributed by atoms with Gasteiger partial charge in [0.15, 0.2) is 0 Å². The number of benzene rings is 12. The van der Waals surface area contributed by atoms with Crippen LogP contribution in [0.4, 0.5) is 51.2 Å². The van der Waals surface area contributed by atoms with Gasteiger partial charge in [-0.2, -0.15) is 0 Å². The Balaban J connectivity index is 1.02. The summed E-state index contributed by atoms with van der Waals surface area (Å²) in [4.78, 5) is 7.18. The lowest BCUT2D eigenvalue weighted by Crippen LogP contribution is -2.11. The number of rotatable bonds is 13. The van der Waals surface area contributed by atoms with Crippen molar-refractivity contribution in [3.05, 3.63) is 315 Å². The summed E-state index contributed by atoms with van der Waals surface area (Å²) in [6, 6.07) is 113. The smallest absolute Gasteiger partial charge is 0.0542 e. The van der Waals surface area contributed by atoms with E-state index in [2.05, 4.69) is 335 Å². The molecule has 0 N–H and O–H groups in total. The van der Waals surface area contributed by atoms with Crippen molar-refractivity contribution in [3.63, 3.8) is 0 Å². The lowest BCUT2D eigenvalue weighted by atomic mass is 10.0. The Morgan fingerprint density at radius 3 is 0.816 bits per heavy atom. The molecule has 0 saturated carbocycles. The van der Waals surface area contributed by atoms with E-state index in [4.69, 9.17) is 0 Å². The number of hydrogen-bond acceptors (Lipinski definition) is 3. The van der Waals surface area contributed by atoms with Crippen molar-refractivity contribution in [3.8, 4) is 39.1 Å². The van der Waals surface area contributed by atoms with Gasteiger partial charge in [-0.1, -0.05) is 200 Å². The molecule has 4 nitrogen and oxygen atoms in total. The van der Waals surface area contributed by atoms with E-state index >= 15 is 0 Å². The molecule has 0 spiro atoms. The Morgan fingerprint density at radius 1 is 0.211 bits per heavy atom. The third kappa shape index (κ3) is 8.64. The minimum Gasteiger partial charge on any atom is -0.310 e. The maximum absolute atomic E-state index is 2.43. The van der Waals surface area contributed by atoms with Crippen LogP contribution in [-0.2, 0) is 0 Å². The van der Waals surface area contributed by atoms with Crippen LogP contribution < -0.4 is 14.7 Å². The second-order valence-electron chi connectivity index (χ2n) is 18.9. The highest BCUT2D eigenvalue weighted by Gasteiger charge is 2.24. The van der Waals surface area contributed by atoms with Crippen LogP contribution in [0.15, 0.2) is 315 Å². The predicted molar refractivity (Wildman–Crippen MR) is 321 cm³/mol. The predicted octanol–water partition coefficient (Wildman–Crippen LogP) is 20.2. The highest BCUT2D eigenvalue weighted by Crippen LogP contribution is 2.47. The van der Waals surface area contributed by atoms with Gasteiger partial charge in [0.25, 0.3) is 0 Å². The fraction of sp³-hybridized carbons (Fsp3) is 0. The highest BCUT2D eigenvalue weighted by molar-refractivity contribution is 6.12. The van der Waals surface area contributed by atoms with Crippen LogP contribution in [-0.4, -0.2) is 4.57 Å². The zero-order valence-electron chi connectivity index (χ0n) is 41.8. The minimum atomic E-state index is 1.06. The summed E-state index contributed by atoms with van der Waals surface area (Å²) < 4.78 is 2.43. The topological polar surface area (TPSA) is 14.7 Å². The van der Waals surface area contributed by atoms with E-state index in [-0.39, 0.29) is 0 Å². The first-order valence-electron chi connectivity index (χ1n) is 25.9. The highest BCUT2D eigenvalue weighted by atomic mass is 15.2. The number of hydrogen-bond donors (Lipinski definition) is 0. The van der Waals surface area contributed by atoms with Crippen LogP contribution in [0.5, 0.6) is 0 Å². The normalized spacial score (nSPS) is 11.2. The number of aromatic nitrogens is 1. The summed E-state index contributed by atoms with van der Waals surface area (Å²) in [5.41, 5.74) is 20.0. The summed E-state index contributed by atoms with van der Waals surface area (Å²) in [6.07, 6.45) is 0. The molecule has 0 aliphatic carbocycles. The molecule has 0 fully saturated rings. The van der Waals surface area contributed by atoms with Crippen LogP contribution in [0, 0.1) is 0 Å². The molecule has 1 aromatic heterocycles. The van der Waals surface area contributed by atoms with Crippen molar-refractivity contribution in [1.82, 2.24) is 4.57 Å². The minimum absolute atomic E-state index is 1.06. The molecule has 0 saturated heterocycles. The van der Waals surface area contributed by atoms with Crippen LogP contribution in [0.1, 0.15) is 0 Å². The Bertz CT molecular complexity index is 3900. The van der Waals surface area contributed by atoms with Crippen molar-refractivity contribution in [2.24, 2.45) is 0 Å². The zero-order valence-corrected chi connectivity index (χ0v) is 41.8. The van der Waals surface area contributed by atoms with Crippen LogP contribution >= 0.6 is 0 Å². The van der Waals surface area contributed by atoms with E-state index in [9.17, 15) is 0 Å². The maximum atomic E-state index is 2.43. The average Bonchev–Trinajstić information content (AvgIpc) is 3.85. The average molecular weight is 973 g/mol. The van der Waals surface area contributed by atoms with Crippen molar-refractivity contribution in [1.29, 1.82) is 0 Å². The van der Waals surface area contributed by atoms with E-state index in [1.54, 1.807) is 0 Å². The quantitative estimate of drug-likeness (QED) is 0.114. The summed E-state index contributed by atoms with van der Waals surface area (Å²) in [5, 5.41) is 2.28. The van der Waals surface area contributed by atoms with Gasteiger partial charge >= 0.3 is 0 Å². The van der Waals surface area contributed by atoms with Gasteiger partial charge in [0.2, 0.25) is 0 Å². The van der Waals surface area contributed by atoms with Gasteiger partial charge in [0.05, 0.1) is 28.1 Å². The number of fused-ring (bicyclic) bond motifs is 3. The first-order chi connectivity index (χ1) is 37.7. The maximum Gasteiger partial charge on any atom is 0.0542 e. The SMILES string of the molecule is c1ccc(-c2ccccc2N(c2ccccc2)c2ccc(-n3c4ccc(N(c5ccccc5)c5ccccc5-c5ccccc5)cc4c4cc(N(c5ccccc5)c5ccccc5-c5ccccc5)ccc43)cc2)cc1. The number of anilines is 9. The van der Waals surface area contributed by atoms with Crippen LogP contribution in [0.2, 0.25) is 0 Å². The third-order valence-electron chi connectivity index (χ3n) is 14.3. The van der Waals surface area contributed by atoms with Gasteiger partial charge in [0, 0.05) is 67.3 Å². The van der Waals surface area contributed by atoms with Crippen molar-refractivity contribution in [2.75, 3.05) is 14.7 Å². The molecule has 0 amide bonds. The molecule has 12 aromatic carbocycles. The molecule has 0 atom stereocenters. The molecule has 4 heteroatoms. The van der Waals surface area contributed by atoms with E-state index in [0.717, 1.165) is 106 Å². The molecular formula is C72H52N4. The summed E-state index contributed by atoms with van der Waals surface area (Å²) in [7, 11) is 0. The number of para-hydroxylation sites is 6. The molecule has 0 radical (unpaired) electrons. The Kier molecular flexibility index (Phi) is 12.3. The van der Waals surface area contributed by atoms with E-state index in [1.807, 2.05) is 0 Å². The van der Waals surface area contributed by atoms with Crippen LogP contribution in [0.25, 0.3) is 60.9 Å². The molecule has 1 heterocycles. The largest absolute Gasteiger partial charge is 0.310 e. The van der Waals surface area contributed by atoms with Gasteiger partial charge in [-0.05, 0) is 132 Å². The third-order valence-corrected chi connectivity index (χ3v) is 14.3. The molecule has 0 unspecified atom stereocenters. The van der Waals surface area contributed by atoms with Crippen molar-refractivity contribution >= 4 is 73.0 Å². The van der Waals surface area contributed by atoms with E-state index in [0.29, 0.717) is 0 Å². The van der Waals surface area contributed by atoms with Gasteiger partial charge in [-0.15, -0.1) is 0 Å². The molecule has 13 rings (SSSR count). The molecular weight excluding hydrogens is 921 g/mol. The lowest BCUT2D eigenvalue weighted by Gasteiger charge is -2.28. The lowest BCUT2D eigenvalue weighted by molar-refractivity contribution is 1.17. The molecule has 360 valence electrons. The molecule has 0 aliphatic heterocycles. The summed E-state index contributed by atoms with van der Waals surface area (Å²) in [5.74, 6) is 0. The second-order valence-corrected chi connectivity index (χ2v) is 18.9. The van der Waals surface area contributed by atoms with Crippen LogP contribution in [0.3, 0.4) is 0 Å². The van der Waals surface area contributed by atoms with Crippen molar-refractivity contribution < 1.29 is 0 Å². The van der Waals surface area contributed by atoms with E-state index in [1.165, 1.54) is 5.56 Å². The fourth-order valence-electron chi connectivity index (χ4n) is 10.9. The first-order valence-corrected chi connectivity index (χ1v) is 25.9. The summed E-state index contributed by atoms with van der Waals surface area (Å²) in [6.45, 7) is 0. The van der Waals surface area contributed by atoms with Gasteiger partial charge in [-0.25, -0.2) is 0 Å². The van der Waals surface area contributed by atoms with Gasteiger partial charge in [-0.3, -0.25) is 0 Å². The molecule has 0 bridgehead atoms. The van der Waals surface area contributed by atoms with Crippen molar-refractivity contribution in [2.45, 2.75) is 0 Å². The van der Waals surface area contributed by atoms with Gasteiger partial charge in [0.1, 0.15) is 0 Å². The molecule has 13 aromatic rings. The zero-order chi connectivity index (χ0) is 50.6. The first kappa shape index (κ1) is 45.7. The monoisotopic (exact) mass is 972 g/mol. The number of nitrogens with zero attached hydrogens (tertiary/aromatic N) is 4. The fourth-order valence-corrected chi connectivity index (χ4v) is 10.9. The Labute approximate surface area is 444 Å². The summed E-state index contributed by atoms with van der Waals surface area (Å²) >= 11 is 0.